The lowest BCUT2D eigenvalue weighted by molar-refractivity contribution is 0.0690. The Morgan fingerprint density at radius 2 is 2.21 bits per heavy atom. The molecule has 2 unspecified atom stereocenters. The second kappa shape index (κ2) is 5.57. The van der Waals surface area contributed by atoms with Gasteiger partial charge in [-0.2, -0.15) is 0 Å². The van der Waals surface area contributed by atoms with Crippen molar-refractivity contribution >= 4 is 5.91 Å². The molecule has 0 radical (unpaired) electrons. The number of benzene rings is 1. The monoisotopic (exact) mass is 267 g/mol. The highest BCUT2D eigenvalue weighted by Gasteiger charge is 2.28. The smallest absolute Gasteiger partial charge is 0.257 e. The van der Waals surface area contributed by atoms with Gasteiger partial charge in [-0.15, -0.1) is 0 Å². The number of phenolic OH excluding ortho intramolecular Hbond substituents is 1. The largest absolute Gasteiger partial charge is 0.507 e. The van der Waals surface area contributed by atoms with E-state index in [2.05, 4.69) is 0 Å². The van der Waals surface area contributed by atoms with Crippen LogP contribution in [-0.4, -0.2) is 40.7 Å². The first-order valence-electron chi connectivity index (χ1n) is 6.41. The molecule has 1 aliphatic rings. The van der Waals surface area contributed by atoms with Gasteiger partial charge in [-0.25, -0.2) is 4.39 Å². The quantitative estimate of drug-likeness (QED) is 0.877. The Morgan fingerprint density at radius 1 is 1.47 bits per heavy atom. The van der Waals surface area contributed by atoms with Gasteiger partial charge in [0.05, 0.1) is 11.7 Å². The Bertz CT molecular complexity index is 478. The molecule has 0 aromatic heterocycles. The number of amides is 1. The van der Waals surface area contributed by atoms with Crippen LogP contribution in [0.25, 0.3) is 0 Å². The summed E-state index contributed by atoms with van der Waals surface area (Å²) in [5, 5.41) is 19.3. The van der Waals surface area contributed by atoms with Gasteiger partial charge >= 0.3 is 0 Å². The van der Waals surface area contributed by atoms with Crippen molar-refractivity contribution in [3.63, 3.8) is 0 Å². The maximum atomic E-state index is 13.1. The van der Waals surface area contributed by atoms with Crippen molar-refractivity contribution < 1.29 is 19.4 Å². The number of hydrogen-bond donors (Lipinski definition) is 2. The van der Waals surface area contributed by atoms with E-state index in [1.54, 1.807) is 7.05 Å². The van der Waals surface area contributed by atoms with Crippen molar-refractivity contribution in [2.24, 2.45) is 5.92 Å². The van der Waals surface area contributed by atoms with Crippen molar-refractivity contribution in [1.82, 2.24) is 4.90 Å². The summed E-state index contributed by atoms with van der Waals surface area (Å²) in [6.45, 7) is 0.413. The van der Waals surface area contributed by atoms with E-state index < -0.39 is 11.7 Å². The third kappa shape index (κ3) is 3.04. The average Bonchev–Trinajstić information content (AvgIpc) is 2.77. The van der Waals surface area contributed by atoms with Crippen LogP contribution in [0.3, 0.4) is 0 Å². The fraction of sp³-hybridized carbons (Fsp3) is 0.500. The van der Waals surface area contributed by atoms with Gasteiger partial charge in [0.25, 0.3) is 5.91 Å². The first-order chi connectivity index (χ1) is 8.99. The third-order valence-corrected chi connectivity index (χ3v) is 3.66. The van der Waals surface area contributed by atoms with Crippen LogP contribution in [0.4, 0.5) is 4.39 Å². The number of aliphatic hydroxyl groups is 1. The molecular formula is C14H18FNO3. The molecule has 0 aliphatic heterocycles. The lowest BCUT2D eigenvalue weighted by Gasteiger charge is -2.23. The summed E-state index contributed by atoms with van der Waals surface area (Å²) in [5.74, 6) is -1.17. The molecule has 0 heterocycles. The molecule has 1 fully saturated rings. The second-order valence-electron chi connectivity index (χ2n) is 5.11. The fourth-order valence-electron chi connectivity index (χ4n) is 2.55. The predicted molar refractivity (Wildman–Crippen MR) is 68.4 cm³/mol. The molecular weight excluding hydrogens is 249 g/mol. The van der Waals surface area contributed by atoms with Crippen molar-refractivity contribution in [1.29, 1.82) is 0 Å². The van der Waals surface area contributed by atoms with Crippen molar-refractivity contribution in [2.75, 3.05) is 13.6 Å². The number of halogens is 1. The molecule has 19 heavy (non-hydrogen) atoms. The fourth-order valence-corrected chi connectivity index (χ4v) is 2.55. The number of nitrogens with zero attached hydrogens (tertiary/aromatic N) is 1. The lowest BCUT2D eigenvalue weighted by atomic mass is 10.0. The molecule has 0 bridgehead atoms. The van der Waals surface area contributed by atoms with Crippen LogP contribution in [0.1, 0.15) is 29.6 Å². The summed E-state index contributed by atoms with van der Waals surface area (Å²) in [4.78, 5) is 13.6. The van der Waals surface area contributed by atoms with Crippen molar-refractivity contribution in [3.05, 3.63) is 29.6 Å². The van der Waals surface area contributed by atoms with Crippen LogP contribution < -0.4 is 0 Å². The van der Waals surface area contributed by atoms with Crippen LogP contribution in [0.2, 0.25) is 0 Å². The van der Waals surface area contributed by atoms with E-state index in [-0.39, 0.29) is 23.3 Å². The zero-order valence-corrected chi connectivity index (χ0v) is 10.8. The summed E-state index contributed by atoms with van der Waals surface area (Å²) in [5.41, 5.74) is -0.0463. The van der Waals surface area contributed by atoms with Gasteiger partial charge in [0, 0.05) is 19.5 Å². The number of aliphatic hydroxyl groups excluding tert-OH is 1. The highest BCUT2D eigenvalue weighted by atomic mass is 19.1. The molecule has 1 saturated carbocycles. The summed E-state index contributed by atoms with van der Waals surface area (Å²) >= 11 is 0. The SMILES string of the molecule is CN(CC1CCCC1O)C(=O)c1cc(F)ccc1O. The Kier molecular flexibility index (Phi) is 4.04. The molecule has 0 spiro atoms. The summed E-state index contributed by atoms with van der Waals surface area (Å²) in [6.07, 6.45) is 2.22. The lowest BCUT2D eigenvalue weighted by Crippen LogP contribution is -2.34. The highest BCUT2D eigenvalue weighted by Crippen LogP contribution is 2.27. The second-order valence-corrected chi connectivity index (χ2v) is 5.11. The van der Waals surface area contributed by atoms with Crippen LogP contribution in [0.5, 0.6) is 5.75 Å². The Labute approximate surface area is 111 Å². The predicted octanol–water partition coefficient (Wildman–Crippen LogP) is 1.76. The zero-order chi connectivity index (χ0) is 14.0. The van der Waals surface area contributed by atoms with E-state index in [0.717, 1.165) is 31.4 Å². The molecule has 2 rings (SSSR count). The topological polar surface area (TPSA) is 60.8 Å². The number of carbonyl (C=O) groups excluding carboxylic acids is 1. The molecule has 104 valence electrons. The van der Waals surface area contributed by atoms with Gasteiger partial charge in [-0.3, -0.25) is 4.79 Å². The minimum Gasteiger partial charge on any atom is -0.507 e. The summed E-state index contributed by atoms with van der Waals surface area (Å²) in [6, 6.07) is 3.30. The average molecular weight is 267 g/mol. The maximum Gasteiger partial charge on any atom is 0.257 e. The Balaban J connectivity index is 2.08. The summed E-state index contributed by atoms with van der Waals surface area (Å²) < 4.78 is 13.1. The van der Waals surface area contributed by atoms with Crippen LogP contribution >= 0.6 is 0 Å². The number of carbonyl (C=O) groups is 1. The first-order valence-corrected chi connectivity index (χ1v) is 6.41. The number of hydrogen-bond acceptors (Lipinski definition) is 3. The molecule has 1 aliphatic carbocycles. The van der Waals surface area contributed by atoms with Gasteiger partial charge in [-0.05, 0) is 31.0 Å². The number of aromatic hydroxyl groups is 1. The van der Waals surface area contributed by atoms with E-state index in [9.17, 15) is 19.4 Å². The number of rotatable bonds is 3. The van der Waals surface area contributed by atoms with Crippen LogP contribution in [0.15, 0.2) is 18.2 Å². The van der Waals surface area contributed by atoms with E-state index in [1.807, 2.05) is 0 Å². The molecule has 1 aromatic rings. The Morgan fingerprint density at radius 3 is 2.84 bits per heavy atom. The van der Waals surface area contributed by atoms with Gasteiger partial charge in [0.2, 0.25) is 0 Å². The van der Waals surface area contributed by atoms with E-state index in [4.69, 9.17) is 0 Å². The van der Waals surface area contributed by atoms with Crippen LogP contribution in [0, 0.1) is 11.7 Å². The van der Waals surface area contributed by atoms with Crippen LogP contribution in [-0.2, 0) is 0 Å². The van der Waals surface area contributed by atoms with Crippen molar-refractivity contribution in [3.8, 4) is 5.75 Å². The zero-order valence-electron chi connectivity index (χ0n) is 10.8. The first kappa shape index (κ1) is 13.8. The van der Waals surface area contributed by atoms with Crippen molar-refractivity contribution in [2.45, 2.75) is 25.4 Å². The number of phenols is 1. The third-order valence-electron chi connectivity index (χ3n) is 3.66. The molecule has 2 N–H and O–H groups in total. The highest BCUT2D eigenvalue weighted by molar-refractivity contribution is 5.96. The molecule has 0 saturated heterocycles. The molecule has 1 amide bonds. The standard InChI is InChI=1S/C14H18FNO3/c1-16(8-9-3-2-4-12(9)17)14(19)11-7-10(15)5-6-13(11)18/h5-7,9,12,17-18H,2-4,8H2,1H3. The molecule has 4 nitrogen and oxygen atoms in total. The van der Waals surface area contributed by atoms with Gasteiger partial charge in [-0.1, -0.05) is 6.42 Å². The molecule has 2 atom stereocenters. The minimum atomic E-state index is -0.560. The normalized spacial score (nSPS) is 22.5. The van der Waals surface area contributed by atoms with Gasteiger partial charge < -0.3 is 15.1 Å². The summed E-state index contributed by atoms with van der Waals surface area (Å²) in [7, 11) is 1.59. The van der Waals surface area contributed by atoms with Gasteiger partial charge in [0.1, 0.15) is 11.6 Å². The van der Waals surface area contributed by atoms with E-state index in [1.165, 1.54) is 11.0 Å². The van der Waals surface area contributed by atoms with E-state index in [0.29, 0.717) is 6.54 Å². The molecule has 1 aromatic carbocycles. The minimum absolute atomic E-state index is 0.0463. The van der Waals surface area contributed by atoms with Gasteiger partial charge in [0.15, 0.2) is 0 Å². The maximum absolute atomic E-state index is 13.1. The Hall–Kier alpha value is -1.62. The van der Waals surface area contributed by atoms with E-state index >= 15 is 0 Å². The molecule has 5 heteroatoms.